The van der Waals surface area contributed by atoms with Crippen LogP contribution in [0.15, 0.2) is 72.8 Å². The van der Waals surface area contributed by atoms with Gasteiger partial charge in [-0.3, -0.25) is 0 Å². The van der Waals surface area contributed by atoms with Gasteiger partial charge in [0.05, 0.1) is 0 Å². The van der Waals surface area contributed by atoms with E-state index < -0.39 is 11.6 Å². The first kappa shape index (κ1) is 30.4. The quantitative estimate of drug-likeness (QED) is 0.213. The summed E-state index contributed by atoms with van der Waals surface area (Å²) in [6.07, 6.45) is 20.2. The Labute approximate surface area is 250 Å². The zero-order chi connectivity index (χ0) is 29.5. The molecule has 3 heteroatoms. The minimum atomic E-state index is -0.803. The Balaban J connectivity index is 1.21. The second-order valence-electron chi connectivity index (χ2n) is 12.5. The first-order valence-corrected chi connectivity index (χ1v) is 16.2. The average molecular weight is 571 g/mol. The van der Waals surface area contributed by atoms with Crippen molar-refractivity contribution < 1.29 is 13.2 Å². The molecule has 42 heavy (non-hydrogen) atoms. The SMILES string of the molecule is CC=CCCC1CCC(C2CC=C(c3ccc(-c4ccc(-c5ccc(CCCC)c(F)c5F)cc4)cc3F)CC2)CC1. The van der Waals surface area contributed by atoms with Crippen molar-refractivity contribution in [3.05, 3.63) is 101 Å². The molecule has 0 nitrogen and oxygen atoms in total. The van der Waals surface area contributed by atoms with Crippen LogP contribution in [0.3, 0.4) is 0 Å². The lowest BCUT2D eigenvalue weighted by Crippen LogP contribution is -2.23. The van der Waals surface area contributed by atoms with Gasteiger partial charge in [0.1, 0.15) is 5.82 Å². The van der Waals surface area contributed by atoms with Gasteiger partial charge in [0.2, 0.25) is 0 Å². The fraction of sp³-hybridized carbons (Fsp3) is 0.436. The standard InChI is InChI=1S/C39H45F3/c1-3-5-7-8-27-10-12-28(13-11-27)29-14-18-31(19-15-29)35-24-23-34(26-37(35)40)30-16-20-32(21-17-30)36-25-22-33(9-6-4-2)38(41)39(36)42/h3,5,16-18,20-29H,4,6-15,19H2,1-2H3. The molecule has 1 atom stereocenters. The molecule has 0 N–H and O–H groups in total. The summed E-state index contributed by atoms with van der Waals surface area (Å²) in [4.78, 5) is 0. The second-order valence-corrected chi connectivity index (χ2v) is 12.5. The molecule has 0 amide bonds. The van der Waals surface area contributed by atoms with E-state index in [0.717, 1.165) is 66.6 Å². The fourth-order valence-electron chi connectivity index (χ4n) is 7.14. The number of aryl methyl sites for hydroxylation is 1. The van der Waals surface area contributed by atoms with Gasteiger partial charge < -0.3 is 0 Å². The van der Waals surface area contributed by atoms with Crippen molar-refractivity contribution >= 4 is 5.57 Å². The van der Waals surface area contributed by atoms with Crippen molar-refractivity contribution in [1.82, 2.24) is 0 Å². The van der Waals surface area contributed by atoms with Gasteiger partial charge in [-0.1, -0.05) is 92.9 Å². The molecular formula is C39H45F3. The topological polar surface area (TPSA) is 0 Å². The predicted molar refractivity (Wildman–Crippen MR) is 171 cm³/mol. The lowest BCUT2D eigenvalue weighted by molar-refractivity contribution is 0.190. The lowest BCUT2D eigenvalue weighted by atomic mass is 9.70. The molecule has 3 aromatic rings. The van der Waals surface area contributed by atoms with E-state index >= 15 is 4.39 Å². The molecule has 2 aliphatic rings. The van der Waals surface area contributed by atoms with Crippen LogP contribution in [0.5, 0.6) is 0 Å². The van der Waals surface area contributed by atoms with E-state index in [0.29, 0.717) is 23.1 Å². The lowest BCUT2D eigenvalue weighted by Gasteiger charge is -2.35. The van der Waals surface area contributed by atoms with Crippen LogP contribution >= 0.6 is 0 Å². The third-order valence-corrected chi connectivity index (χ3v) is 9.79. The highest BCUT2D eigenvalue weighted by Gasteiger charge is 2.29. The molecule has 0 saturated heterocycles. The molecule has 0 aromatic heterocycles. The highest BCUT2D eigenvalue weighted by Crippen LogP contribution is 2.42. The van der Waals surface area contributed by atoms with Gasteiger partial charge >= 0.3 is 0 Å². The van der Waals surface area contributed by atoms with Crippen molar-refractivity contribution in [1.29, 1.82) is 0 Å². The molecular weight excluding hydrogens is 525 g/mol. The van der Waals surface area contributed by atoms with E-state index in [4.69, 9.17) is 0 Å². The number of hydrogen-bond donors (Lipinski definition) is 0. The van der Waals surface area contributed by atoms with Crippen LogP contribution in [-0.4, -0.2) is 0 Å². The average Bonchev–Trinajstić information content (AvgIpc) is 3.02. The van der Waals surface area contributed by atoms with Gasteiger partial charge in [0.25, 0.3) is 0 Å². The smallest absolute Gasteiger partial charge is 0.166 e. The number of benzene rings is 3. The number of hydrogen-bond acceptors (Lipinski definition) is 0. The Bertz CT molecular complexity index is 1390. The van der Waals surface area contributed by atoms with E-state index in [9.17, 15) is 8.78 Å². The summed E-state index contributed by atoms with van der Waals surface area (Å²) >= 11 is 0. The summed E-state index contributed by atoms with van der Waals surface area (Å²) < 4.78 is 44.8. The molecule has 0 aliphatic heterocycles. The van der Waals surface area contributed by atoms with E-state index in [1.807, 2.05) is 31.2 Å². The summed E-state index contributed by atoms with van der Waals surface area (Å²) in [5.74, 6) is 0.689. The van der Waals surface area contributed by atoms with E-state index in [2.05, 4.69) is 25.2 Å². The Kier molecular flexibility index (Phi) is 10.4. The van der Waals surface area contributed by atoms with Crippen LogP contribution in [0.1, 0.15) is 95.6 Å². The maximum Gasteiger partial charge on any atom is 0.166 e. The molecule has 1 unspecified atom stereocenters. The van der Waals surface area contributed by atoms with Crippen LogP contribution < -0.4 is 0 Å². The van der Waals surface area contributed by atoms with Crippen LogP contribution in [0.2, 0.25) is 0 Å². The molecule has 0 bridgehead atoms. The second kappa shape index (κ2) is 14.4. The molecule has 222 valence electrons. The minimum Gasteiger partial charge on any atom is -0.206 e. The molecule has 3 aromatic carbocycles. The number of halogens is 3. The maximum absolute atomic E-state index is 15.4. The molecule has 0 spiro atoms. The zero-order valence-corrected chi connectivity index (χ0v) is 25.3. The van der Waals surface area contributed by atoms with E-state index in [1.54, 1.807) is 30.3 Å². The Morgan fingerprint density at radius 2 is 1.48 bits per heavy atom. The van der Waals surface area contributed by atoms with Crippen molar-refractivity contribution in [3.8, 4) is 22.3 Å². The van der Waals surface area contributed by atoms with Crippen molar-refractivity contribution in [2.75, 3.05) is 0 Å². The van der Waals surface area contributed by atoms with Crippen molar-refractivity contribution in [3.63, 3.8) is 0 Å². The van der Waals surface area contributed by atoms with Crippen molar-refractivity contribution in [2.45, 2.75) is 90.9 Å². The van der Waals surface area contributed by atoms with Gasteiger partial charge in [0, 0.05) is 11.1 Å². The van der Waals surface area contributed by atoms with Gasteiger partial charge in [0.15, 0.2) is 11.6 Å². The third-order valence-electron chi connectivity index (χ3n) is 9.79. The van der Waals surface area contributed by atoms with Gasteiger partial charge in [-0.05, 0) is 116 Å². The summed E-state index contributed by atoms with van der Waals surface area (Å²) in [5, 5.41) is 0. The Hall–Kier alpha value is -3.07. The highest BCUT2D eigenvalue weighted by atomic mass is 19.2. The number of unbranched alkanes of at least 4 members (excludes halogenated alkanes) is 1. The minimum absolute atomic E-state index is 0.196. The Morgan fingerprint density at radius 1 is 0.762 bits per heavy atom. The summed E-state index contributed by atoms with van der Waals surface area (Å²) in [7, 11) is 0. The van der Waals surface area contributed by atoms with Crippen LogP contribution in [0.4, 0.5) is 13.2 Å². The molecule has 1 fully saturated rings. The predicted octanol–water partition coefficient (Wildman–Crippen LogP) is 12.1. The van der Waals surface area contributed by atoms with E-state index in [-0.39, 0.29) is 11.4 Å². The molecule has 2 aliphatic carbocycles. The molecule has 0 heterocycles. The van der Waals surface area contributed by atoms with Crippen molar-refractivity contribution in [2.24, 2.45) is 17.8 Å². The first-order chi connectivity index (χ1) is 20.5. The maximum atomic E-state index is 15.4. The molecule has 5 rings (SSSR count). The van der Waals surface area contributed by atoms with Gasteiger partial charge in [-0.25, -0.2) is 13.2 Å². The first-order valence-electron chi connectivity index (χ1n) is 16.2. The number of allylic oxidation sites excluding steroid dienone is 4. The summed E-state index contributed by atoms with van der Waals surface area (Å²) in [6, 6.07) is 16.1. The molecule has 1 saturated carbocycles. The monoisotopic (exact) mass is 570 g/mol. The molecule has 0 radical (unpaired) electrons. The third kappa shape index (κ3) is 7.10. The Morgan fingerprint density at radius 3 is 2.14 bits per heavy atom. The van der Waals surface area contributed by atoms with Crippen LogP contribution in [0.25, 0.3) is 27.8 Å². The summed E-state index contributed by atoms with van der Waals surface area (Å²) in [5.41, 5.74) is 4.76. The van der Waals surface area contributed by atoms with Crippen LogP contribution in [-0.2, 0) is 6.42 Å². The normalized spacial score (nSPS) is 21.1. The fourth-order valence-corrected chi connectivity index (χ4v) is 7.14. The van der Waals surface area contributed by atoms with Crippen LogP contribution in [0, 0.1) is 35.2 Å². The number of rotatable bonds is 10. The highest BCUT2D eigenvalue weighted by molar-refractivity contribution is 5.74. The van der Waals surface area contributed by atoms with E-state index in [1.165, 1.54) is 38.5 Å². The van der Waals surface area contributed by atoms with Gasteiger partial charge in [-0.15, -0.1) is 0 Å². The largest absolute Gasteiger partial charge is 0.206 e. The van der Waals surface area contributed by atoms with Gasteiger partial charge in [-0.2, -0.15) is 0 Å². The summed E-state index contributed by atoms with van der Waals surface area (Å²) in [6.45, 7) is 4.13. The zero-order valence-electron chi connectivity index (χ0n) is 25.3.